The molecule has 3 rings (SSSR count). The molecule has 156 valence electrons. The molecule has 0 saturated carbocycles. The van der Waals surface area contributed by atoms with Gasteiger partial charge in [-0.3, -0.25) is 4.79 Å². The monoisotopic (exact) mass is 409 g/mol. The van der Waals surface area contributed by atoms with Crippen molar-refractivity contribution >= 4 is 23.6 Å². The largest absolute Gasteiger partial charge is 0.465 e. The van der Waals surface area contributed by atoms with E-state index < -0.39 is 24.0 Å². The highest BCUT2D eigenvalue weighted by Gasteiger charge is 2.23. The summed E-state index contributed by atoms with van der Waals surface area (Å²) in [7, 11) is 0. The molecule has 0 fully saturated rings. The summed E-state index contributed by atoms with van der Waals surface area (Å²) in [6, 6.07) is 12.5. The van der Waals surface area contributed by atoms with Crippen molar-refractivity contribution in [2.75, 3.05) is 6.61 Å². The van der Waals surface area contributed by atoms with Crippen LogP contribution in [-0.2, 0) is 14.3 Å². The van der Waals surface area contributed by atoms with Gasteiger partial charge in [0.05, 0.1) is 6.26 Å². The third-order valence-electron chi connectivity index (χ3n) is 4.46. The number of ether oxygens (including phenoxy) is 1. The number of tetrazole rings is 1. The van der Waals surface area contributed by atoms with Crippen molar-refractivity contribution in [1.29, 1.82) is 0 Å². The van der Waals surface area contributed by atoms with Gasteiger partial charge in [0.15, 0.2) is 18.1 Å². The molecule has 0 aliphatic heterocycles. The SMILES string of the molecule is CCC(C)(C)NC(=O)COC(=O)/C(=C/c1ccco1)n1nnnc1-c1ccccc1. The van der Waals surface area contributed by atoms with Gasteiger partial charge in [-0.1, -0.05) is 37.3 Å². The maximum Gasteiger partial charge on any atom is 0.357 e. The molecule has 0 saturated heterocycles. The van der Waals surface area contributed by atoms with Crippen molar-refractivity contribution in [2.24, 2.45) is 0 Å². The molecule has 3 aromatic rings. The number of esters is 1. The molecule has 0 atom stereocenters. The lowest BCUT2D eigenvalue weighted by Gasteiger charge is -2.24. The van der Waals surface area contributed by atoms with E-state index in [1.54, 1.807) is 12.1 Å². The van der Waals surface area contributed by atoms with Gasteiger partial charge in [-0.2, -0.15) is 4.68 Å². The average Bonchev–Trinajstić information content (AvgIpc) is 3.42. The van der Waals surface area contributed by atoms with Gasteiger partial charge in [0, 0.05) is 17.2 Å². The zero-order chi connectivity index (χ0) is 21.6. The minimum atomic E-state index is -0.764. The van der Waals surface area contributed by atoms with Crippen LogP contribution in [0.1, 0.15) is 33.0 Å². The highest BCUT2D eigenvalue weighted by Crippen LogP contribution is 2.21. The Labute approximate surface area is 173 Å². The lowest BCUT2D eigenvalue weighted by molar-refractivity contribution is -0.143. The van der Waals surface area contributed by atoms with E-state index in [0.29, 0.717) is 17.1 Å². The Balaban J connectivity index is 1.86. The predicted molar refractivity (Wildman–Crippen MR) is 110 cm³/mol. The van der Waals surface area contributed by atoms with Gasteiger partial charge < -0.3 is 14.5 Å². The van der Waals surface area contributed by atoms with E-state index in [1.807, 2.05) is 51.1 Å². The van der Waals surface area contributed by atoms with Crippen LogP contribution in [0.3, 0.4) is 0 Å². The summed E-state index contributed by atoms with van der Waals surface area (Å²) >= 11 is 0. The van der Waals surface area contributed by atoms with E-state index in [9.17, 15) is 9.59 Å². The normalized spacial score (nSPS) is 11.9. The second-order valence-corrected chi connectivity index (χ2v) is 7.19. The van der Waals surface area contributed by atoms with E-state index in [1.165, 1.54) is 17.0 Å². The molecule has 0 radical (unpaired) electrons. The van der Waals surface area contributed by atoms with Gasteiger partial charge in [-0.15, -0.1) is 5.10 Å². The minimum Gasteiger partial charge on any atom is -0.465 e. The van der Waals surface area contributed by atoms with E-state index in [0.717, 1.165) is 6.42 Å². The molecule has 1 amide bonds. The first kappa shape index (κ1) is 21.0. The van der Waals surface area contributed by atoms with Crippen LogP contribution in [0.25, 0.3) is 23.2 Å². The Morgan fingerprint density at radius 2 is 1.97 bits per heavy atom. The molecule has 2 aromatic heterocycles. The van der Waals surface area contributed by atoms with E-state index in [4.69, 9.17) is 9.15 Å². The third kappa shape index (κ3) is 5.19. The van der Waals surface area contributed by atoms with Crippen LogP contribution in [0.4, 0.5) is 0 Å². The van der Waals surface area contributed by atoms with Crippen LogP contribution in [0.5, 0.6) is 0 Å². The predicted octanol–water partition coefficient (Wildman–Crippen LogP) is 2.78. The second-order valence-electron chi connectivity index (χ2n) is 7.19. The minimum absolute atomic E-state index is 0.0105. The number of amides is 1. The highest BCUT2D eigenvalue weighted by atomic mass is 16.5. The van der Waals surface area contributed by atoms with Crippen molar-refractivity contribution < 1.29 is 18.7 Å². The molecule has 0 bridgehead atoms. The molecular weight excluding hydrogens is 386 g/mol. The van der Waals surface area contributed by atoms with Crippen molar-refractivity contribution in [3.8, 4) is 11.4 Å². The van der Waals surface area contributed by atoms with Crippen molar-refractivity contribution in [3.63, 3.8) is 0 Å². The Hall–Kier alpha value is -3.75. The highest BCUT2D eigenvalue weighted by molar-refractivity contribution is 6.15. The fraction of sp³-hybridized carbons (Fsp3) is 0.286. The van der Waals surface area contributed by atoms with Gasteiger partial charge in [0.2, 0.25) is 0 Å². The van der Waals surface area contributed by atoms with Gasteiger partial charge in [-0.25, -0.2) is 4.79 Å². The maximum atomic E-state index is 12.9. The summed E-state index contributed by atoms with van der Waals surface area (Å²) in [6.07, 6.45) is 3.67. The zero-order valence-corrected chi connectivity index (χ0v) is 17.0. The van der Waals surface area contributed by atoms with E-state index in [-0.39, 0.29) is 5.70 Å². The first-order chi connectivity index (χ1) is 14.4. The molecule has 9 nitrogen and oxygen atoms in total. The number of nitrogens with one attached hydrogen (secondary N) is 1. The van der Waals surface area contributed by atoms with Crippen LogP contribution in [-0.4, -0.2) is 44.2 Å². The fourth-order valence-corrected chi connectivity index (χ4v) is 2.54. The van der Waals surface area contributed by atoms with Crippen molar-refractivity contribution in [2.45, 2.75) is 32.7 Å². The molecular formula is C21H23N5O4. The van der Waals surface area contributed by atoms with Crippen LogP contribution in [0, 0.1) is 0 Å². The van der Waals surface area contributed by atoms with Crippen LogP contribution in [0.2, 0.25) is 0 Å². The van der Waals surface area contributed by atoms with Crippen molar-refractivity contribution in [3.05, 3.63) is 54.5 Å². The summed E-state index contributed by atoms with van der Waals surface area (Å²) < 4.78 is 11.8. The number of rotatable bonds is 8. The van der Waals surface area contributed by atoms with Crippen LogP contribution < -0.4 is 5.32 Å². The Bertz CT molecular complexity index is 1020. The molecule has 0 aliphatic carbocycles. The number of benzene rings is 1. The third-order valence-corrected chi connectivity index (χ3v) is 4.46. The topological polar surface area (TPSA) is 112 Å². The molecule has 9 heteroatoms. The molecule has 30 heavy (non-hydrogen) atoms. The maximum absolute atomic E-state index is 12.9. The zero-order valence-electron chi connectivity index (χ0n) is 17.0. The number of carbonyl (C=O) groups excluding carboxylic acids is 2. The smallest absolute Gasteiger partial charge is 0.357 e. The molecule has 0 aliphatic rings. The summed E-state index contributed by atoms with van der Waals surface area (Å²) in [5.74, 6) is -0.400. The lowest BCUT2D eigenvalue weighted by atomic mass is 10.0. The first-order valence-corrected chi connectivity index (χ1v) is 9.47. The standard InChI is InChI=1S/C21H23N5O4/c1-4-21(2,3)22-18(27)14-30-20(28)17(13-16-11-8-12-29-16)26-19(23-24-25-26)15-9-6-5-7-10-15/h5-13H,4,14H2,1-3H3,(H,22,27)/b17-13-. The van der Waals surface area contributed by atoms with Gasteiger partial charge in [0.1, 0.15) is 5.76 Å². The van der Waals surface area contributed by atoms with Crippen LogP contribution >= 0.6 is 0 Å². The first-order valence-electron chi connectivity index (χ1n) is 9.47. The lowest BCUT2D eigenvalue weighted by Crippen LogP contribution is -2.44. The number of carbonyl (C=O) groups is 2. The van der Waals surface area contributed by atoms with Gasteiger partial charge >= 0.3 is 5.97 Å². The van der Waals surface area contributed by atoms with Gasteiger partial charge in [0.25, 0.3) is 5.91 Å². The van der Waals surface area contributed by atoms with E-state index >= 15 is 0 Å². The van der Waals surface area contributed by atoms with Crippen LogP contribution in [0.15, 0.2) is 53.1 Å². The molecule has 2 heterocycles. The molecule has 0 spiro atoms. The number of nitrogens with zero attached hydrogens (tertiary/aromatic N) is 4. The Morgan fingerprint density at radius 3 is 2.63 bits per heavy atom. The van der Waals surface area contributed by atoms with E-state index in [2.05, 4.69) is 20.8 Å². The number of hydrogen-bond donors (Lipinski definition) is 1. The van der Waals surface area contributed by atoms with Gasteiger partial charge in [-0.05, 0) is 42.8 Å². The summed E-state index contributed by atoms with van der Waals surface area (Å²) in [5, 5.41) is 14.5. The number of hydrogen-bond acceptors (Lipinski definition) is 7. The molecule has 1 aromatic carbocycles. The fourth-order valence-electron chi connectivity index (χ4n) is 2.54. The summed E-state index contributed by atoms with van der Waals surface area (Å²) in [4.78, 5) is 25.0. The molecule has 0 unspecified atom stereocenters. The van der Waals surface area contributed by atoms with Crippen molar-refractivity contribution in [1.82, 2.24) is 25.5 Å². The molecule has 1 N–H and O–H groups in total. The second kappa shape index (κ2) is 9.17. The Kier molecular flexibility index (Phi) is 6.41. The number of furan rings is 1. The summed E-state index contributed by atoms with van der Waals surface area (Å²) in [6.45, 7) is 5.31. The quantitative estimate of drug-likeness (QED) is 0.450. The number of aromatic nitrogens is 4. The Morgan fingerprint density at radius 1 is 1.20 bits per heavy atom. The summed E-state index contributed by atoms with van der Waals surface area (Å²) in [5.41, 5.74) is 0.326. The average molecular weight is 409 g/mol.